The van der Waals surface area contributed by atoms with Crippen LogP contribution in [-0.4, -0.2) is 46.0 Å². The first-order valence-corrected chi connectivity index (χ1v) is 8.84. The molecule has 7 heteroatoms. The van der Waals surface area contributed by atoms with Crippen LogP contribution in [0.3, 0.4) is 0 Å². The molecule has 134 valence electrons. The molecule has 2 aliphatic rings. The highest BCUT2D eigenvalue weighted by molar-refractivity contribution is 5.96. The van der Waals surface area contributed by atoms with E-state index in [2.05, 4.69) is 14.9 Å². The van der Waals surface area contributed by atoms with E-state index in [9.17, 15) is 4.79 Å². The second-order valence-electron chi connectivity index (χ2n) is 7.22. The number of carbonyl (C=O) groups is 1. The van der Waals surface area contributed by atoms with E-state index in [-0.39, 0.29) is 11.8 Å². The summed E-state index contributed by atoms with van der Waals surface area (Å²) < 4.78 is 12.7. The molecule has 1 amide bonds. The van der Waals surface area contributed by atoms with Crippen LogP contribution in [0, 0.1) is 19.8 Å². The Labute approximate surface area is 146 Å². The van der Waals surface area contributed by atoms with Gasteiger partial charge in [-0.3, -0.25) is 9.48 Å². The fourth-order valence-electron chi connectivity index (χ4n) is 3.78. The molecule has 1 atom stereocenters. The highest BCUT2D eigenvalue weighted by atomic mass is 16.5. The molecular weight excluding hydrogens is 320 g/mol. The number of aromatic nitrogens is 3. The lowest BCUT2D eigenvalue weighted by molar-refractivity contribution is 0.0672. The number of amides is 1. The first-order valence-electron chi connectivity index (χ1n) is 8.84. The van der Waals surface area contributed by atoms with E-state index >= 15 is 0 Å². The van der Waals surface area contributed by atoms with Gasteiger partial charge in [0.15, 0.2) is 0 Å². The van der Waals surface area contributed by atoms with Gasteiger partial charge in [-0.2, -0.15) is 5.10 Å². The molecule has 7 nitrogen and oxygen atoms in total. The second-order valence-corrected chi connectivity index (χ2v) is 7.22. The number of hydrogen-bond donors (Lipinski definition) is 0. The minimum Gasteiger partial charge on any atom is -0.384 e. The van der Waals surface area contributed by atoms with Crippen molar-refractivity contribution in [3.8, 4) is 0 Å². The van der Waals surface area contributed by atoms with E-state index in [1.807, 2.05) is 11.1 Å². The van der Waals surface area contributed by atoms with Crippen molar-refractivity contribution >= 4 is 5.91 Å². The molecule has 1 saturated carbocycles. The smallest absolute Gasteiger partial charge is 0.259 e. The van der Waals surface area contributed by atoms with Gasteiger partial charge in [-0.25, -0.2) is 0 Å². The molecule has 2 aromatic rings. The SMILES string of the molecule is COCC1CN(C(=O)c2c(C)noc2C)Cc2cnn(CC3CC3)c21. The summed E-state index contributed by atoms with van der Waals surface area (Å²) in [5, 5.41) is 8.51. The van der Waals surface area contributed by atoms with Crippen LogP contribution in [-0.2, 0) is 17.8 Å². The molecule has 3 heterocycles. The van der Waals surface area contributed by atoms with E-state index in [4.69, 9.17) is 9.26 Å². The minimum atomic E-state index is -0.0297. The summed E-state index contributed by atoms with van der Waals surface area (Å²) in [5.41, 5.74) is 3.57. The van der Waals surface area contributed by atoms with E-state index in [1.165, 1.54) is 18.5 Å². The van der Waals surface area contributed by atoms with Crippen molar-refractivity contribution in [3.05, 3.63) is 34.5 Å². The topological polar surface area (TPSA) is 73.4 Å². The standard InChI is InChI=1S/C18H24N4O3/c1-11-16(12(2)25-20-11)18(23)21-8-14-6-19-22(7-13-4-5-13)17(14)15(9-21)10-24-3/h6,13,15H,4-5,7-10H2,1-3H3. The predicted molar refractivity (Wildman–Crippen MR) is 90.3 cm³/mol. The molecule has 1 aliphatic heterocycles. The van der Waals surface area contributed by atoms with Crippen LogP contribution in [0.4, 0.5) is 0 Å². The minimum absolute atomic E-state index is 0.0297. The Bertz CT molecular complexity index is 771. The van der Waals surface area contributed by atoms with Crippen molar-refractivity contribution in [2.45, 2.75) is 45.7 Å². The number of aryl methyl sites for hydroxylation is 2. The summed E-state index contributed by atoms with van der Waals surface area (Å²) in [6.45, 7) is 6.34. The second kappa shape index (κ2) is 6.29. The number of fused-ring (bicyclic) bond motifs is 1. The largest absolute Gasteiger partial charge is 0.384 e. The maximum absolute atomic E-state index is 13.0. The third-order valence-corrected chi connectivity index (χ3v) is 5.18. The van der Waals surface area contributed by atoms with Crippen LogP contribution in [0.1, 0.15) is 51.8 Å². The third-order valence-electron chi connectivity index (χ3n) is 5.18. The third kappa shape index (κ3) is 2.97. The molecule has 0 N–H and O–H groups in total. The molecule has 0 spiro atoms. The van der Waals surface area contributed by atoms with Gasteiger partial charge in [0.05, 0.1) is 24.2 Å². The Hall–Kier alpha value is -2.15. The Balaban J connectivity index is 1.62. The van der Waals surface area contributed by atoms with Crippen LogP contribution >= 0.6 is 0 Å². The van der Waals surface area contributed by atoms with Crippen LogP contribution < -0.4 is 0 Å². The van der Waals surface area contributed by atoms with Crippen molar-refractivity contribution in [2.75, 3.05) is 20.3 Å². The van der Waals surface area contributed by atoms with Gasteiger partial charge < -0.3 is 14.2 Å². The normalized spacial score (nSPS) is 20.0. The van der Waals surface area contributed by atoms with Gasteiger partial charge in [0, 0.05) is 38.2 Å². The van der Waals surface area contributed by atoms with Crippen LogP contribution in [0.2, 0.25) is 0 Å². The molecule has 2 aromatic heterocycles. The lowest BCUT2D eigenvalue weighted by Gasteiger charge is -2.33. The van der Waals surface area contributed by atoms with Gasteiger partial charge >= 0.3 is 0 Å². The first-order chi connectivity index (χ1) is 12.1. The maximum atomic E-state index is 13.0. The molecular formula is C18H24N4O3. The Kier molecular flexibility index (Phi) is 4.11. The van der Waals surface area contributed by atoms with Crippen molar-refractivity contribution in [3.63, 3.8) is 0 Å². The average Bonchev–Trinajstić information content (AvgIpc) is 3.22. The Morgan fingerprint density at radius 1 is 1.40 bits per heavy atom. The summed E-state index contributed by atoms with van der Waals surface area (Å²) in [6.07, 6.45) is 4.49. The number of hydrogen-bond acceptors (Lipinski definition) is 5. The maximum Gasteiger partial charge on any atom is 0.259 e. The highest BCUT2D eigenvalue weighted by Crippen LogP contribution is 2.35. The zero-order valence-corrected chi connectivity index (χ0v) is 15.0. The van der Waals surface area contributed by atoms with Gasteiger partial charge in [0.2, 0.25) is 0 Å². The van der Waals surface area contributed by atoms with Crippen molar-refractivity contribution in [2.24, 2.45) is 5.92 Å². The Morgan fingerprint density at radius 2 is 2.20 bits per heavy atom. The van der Waals surface area contributed by atoms with Crippen LogP contribution in [0.15, 0.2) is 10.7 Å². The van der Waals surface area contributed by atoms with Crippen molar-refractivity contribution in [1.29, 1.82) is 0 Å². The van der Waals surface area contributed by atoms with Gasteiger partial charge in [-0.15, -0.1) is 0 Å². The molecule has 0 aromatic carbocycles. The van der Waals surface area contributed by atoms with Crippen molar-refractivity contribution in [1.82, 2.24) is 19.8 Å². The summed E-state index contributed by atoms with van der Waals surface area (Å²) in [7, 11) is 1.70. The number of ether oxygens (including phenoxy) is 1. The molecule has 0 bridgehead atoms. The van der Waals surface area contributed by atoms with E-state index < -0.39 is 0 Å². The number of nitrogens with zero attached hydrogens (tertiary/aromatic N) is 4. The summed E-state index contributed by atoms with van der Waals surface area (Å²) in [4.78, 5) is 14.9. The van der Waals surface area contributed by atoms with Gasteiger partial charge in [-0.1, -0.05) is 5.16 Å². The highest BCUT2D eigenvalue weighted by Gasteiger charge is 2.35. The molecule has 0 radical (unpaired) electrons. The molecule has 4 rings (SSSR count). The fraction of sp³-hybridized carbons (Fsp3) is 0.611. The molecule has 1 fully saturated rings. The number of carbonyl (C=O) groups excluding carboxylic acids is 1. The Morgan fingerprint density at radius 3 is 2.84 bits per heavy atom. The average molecular weight is 344 g/mol. The zero-order chi connectivity index (χ0) is 17.6. The monoisotopic (exact) mass is 344 g/mol. The lowest BCUT2D eigenvalue weighted by atomic mass is 9.96. The summed E-state index contributed by atoms with van der Waals surface area (Å²) in [5.74, 6) is 1.44. The van der Waals surface area contributed by atoms with E-state index in [0.29, 0.717) is 36.7 Å². The number of rotatable bonds is 5. The summed E-state index contributed by atoms with van der Waals surface area (Å²) in [6, 6.07) is 0. The van der Waals surface area contributed by atoms with Crippen LogP contribution in [0.5, 0.6) is 0 Å². The van der Waals surface area contributed by atoms with Gasteiger partial charge in [0.25, 0.3) is 5.91 Å². The lowest BCUT2D eigenvalue weighted by Crippen LogP contribution is -2.40. The van der Waals surface area contributed by atoms with E-state index in [1.54, 1.807) is 21.0 Å². The molecule has 0 saturated heterocycles. The summed E-state index contributed by atoms with van der Waals surface area (Å²) >= 11 is 0. The fourth-order valence-corrected chi connectivity index (χ4v) is 3.78. The van der Waals surface area contributed by atoms with Crippen LogP contribution in [0.25, 0.3) is 0 Å². The quantitative estimate of drug-likeness (QED) is 0.832. The molecule has 25 heavy (non-hydrogen) atoms. The van der Waals surface area contributed by atoms with Gasteiger partial charge in [0.1, 0.15) is 11.3 Å². The first kappa shape index (κ1) is 16.3. The van der Waals surface area contributed by atoms with E-state index in [0.717, 1.165) is 18.0 Å². The molecule has 1 aliphatic carbocycles. The number of methoxy groups -OCH3 is 1. The zero-order valence-electron chi connectivity index (χ0n) is 15.0. The predicted octanol–water partition coefficient (Wildman–Crippen LogP) is 2.28. The van der Waals surface area contributed by atoms with Gasteiger partial charge in [-0.05, 0) is 32.6 Å². The van der Waals surface area contributed by atoms with Crippen molar-refractivity contribution < 1.29 is 14.1 Å². The molecule has 1 unspecified atom stereocenters.